The van der Waals surface area contributed by atoms with Crippen molar-refractivity contribution in [1.29, 1.82) is 0 Å². The van der Waals surface area contributed by atoms with E-state index in [2.05, 4.69) is 0 Å². The molecule has 0 fully saturated rings. The van der Waals surface area contributed by atoms with Crippen LogP contribution < -0.4 is 0 Å². The smallest absolute Gasteiger partial charge is 0.346 e. The van der Waals surface area contributed by atoms with Crippen molar-refractivity contribution >= 4 is 8.03 Å². The molecule has 0 bridgehead atoms. The summed E-state index contributed by atoms with van der Waals surface area (Å²) < 4.78 is 10.4. The summed E-state index contributed by atoms with van der Waals surface area (Å²) in [6.45, 7) is 3.36. The Morgan fingerprint density at radius 3 is 2.40 bits per heavy atom. The number of unbranched alkanes of at least 4 members (excludes halogenated alkanes) is 1. The van der Waals surface area contributed by atoms with Gasteiger partial charge in [-0.15, -0.1) is 0 Å². The Hall–Kier alpha value is 0.0200. The van der Waals surface area contributed by atoms with Crippen molar-refractivity contribution in [2.75, 3.05) is 0 Å². The Kier molecular flexibility index (Phi) is 4.02. The first-order valence-electron chi connectivity index (χ1n) is 3.39. The van der Waals surface area contributed by atoms with Crippen LogP contribution in [-0.4, -0.2) is 15.3 Å². The van der Waals surface area contributed by atoms with Crippen molar-refractivity contribution in [2.24, 2.45) is 0 Å². The summed E-state index contributed by atoms with van der Waals surface area (Å²) in [5, 5.41) is 7.81. The van der Waals surface area contributed by atoms with E-state index in [0.717, 1.165) is 12.8 Å². The summed E-state index contributed by atoms with van der Waals surface area (Å²) in [5.74, 6) is 0. The summed E-state index contributed by atoms with van der Waals surface area (Å²) >= 11 is 0. The van der Waals surface area contributed by atoms with E-state index in [1.807, 2.05) is 6.92 Å². The SMILES string of the molecule is CCCCC(C)(O)[P+](=O)O. The normalized spacial score (nSPS) is 18.2. The average molecular weight is 165 g/mol. The lowest BCUT2D eigenvalue weighted by Crippen LogP contribution is -2.17. The van der Waals surface area contributed by atoms with Crippen LogP contribution in [0.25, 0.3) is 0 Å². The minimum absolute atomic E-state index is 0.398. The minimum atomic E-state index is -2.45. The lowest BCUT2D eigenvalue weighted by Gasteiger charge is -2.06. The molecule has 0 saturated carbocycles. The van der Waals surface area contributed by atoms with Crippen molar-refractivity contribution in [1.82, 2.24) is 0 Å². The highest BCUT2D eigenvalue weighted by Crippen LogP contribution is 2.36. The molecule has 0 spiro atoms. The summed E-state index contributed by atoms with van der Waals surface area (Å²) in [5.41, 5.74) is 0. The Bertz CT molecular complexity index is 122. The van der Waals surface area contributed by atoms with Crippen LogP contribution >= 0.6 is 8.03 Å². The molecular formula is C6H14O3P+. The van der Waals surface area contributed by atoms with E-state index >= 15 is 0 Å². The number of rotatable bonds is 4. The third-order valence-corrected chi connectivity index (χ3v) is 2.46. The van der Waals surface area contributed by atoms with Crippen molar-refractivity contribution in [3.63, 3.8) is 0 Å². The van der Waals surface area contributed by atoms with E-state index in [4.69, 9.17) is 4.89 Å². The van der Waals surface area contributed by atoms with Crippen molar-refractivity contribution in [3.8, 4) is 0 Å². The highest BCUT2D eigenvalue weighted by atomic mass is 31.1. The van der Waals surface area contributed by atoms with Crippen LogP contribution in [0.3, 0.4) is 0 Å². The van der Waals surface area contributed by atoms with Crippen LogP contribution in [0.15, 0.2) is 0 Å². The first-order valence-corrected chi connectivity index (χ1v) is 4.60. The Morgan fingerprint density at radius 1 is 1.60 bits per heavy atom. The molecule has 0 amide bonds. The summed E-state index contributed by atoms with van der Waals surface area (Å²) in [4.78, 5) is 8.57. The molecule has 0 saturated heterocycles. The molecule has 10 heavy (non-hydrogen) atoms. The van der Waals surface area contributed by atoms with Crippen molar-refractivity contribution < 1.29 is 14.6 Å². The molecule has 0 heterocycles. The van der Waals surface area contributed by atoms with Crippen LogP contribution in [0.4, 0.5) is 0 Å². The Balaban J connectivity index is 3.75. The van der Waals surface area contributed by atoms with Gasteiger partial charge in [-0.3, -0.25) is 0 Å². The molecule has 0 aromatic rings. The Morgan fingerprint density at radius 2 is 2.10 bits per heavy atom. The van der Waals surface area contributed by atoms with Gasteiger partial charge in [0.15, 0.2) is 0 Å². The maximum absolute atomic E-state index is 10.4. The monoisotopic (exact) mass is 165 g/mol. The lowest BCUT2D eigenvalue weighted by molar-refractivity contribution is 0.123. The van der Waals surface area contributed by atoms with Crippen LogP contribution in [0.5, 0.6) is 0 Å². The van der Waals surface area contributed by atoms with Gasteiger partial charge in [0.1, 0.15) is 0 Å². The van der Waals surface area contributed by atoms with Crippen LogP contribution in [0.1, 0.15) is 33.1 Å². The molecule has 2 atom stereocenters. The first kappa shape index (κ1) is 10.0. The number of hydrogen-bond acceptors (Lipinski definition) is 2. The molecule has 2 N–H and O–H groups in total. The average Bonchev–Trinajstić information content (AvgIpc) is 1.84. The third kappa shape index (κ3) is 3.25. The fraction of sp³-hybridized carbons (Fsp3) is 1.00. The fourth-order valence-corrected chi connectivity index (χ4v) is 0.957. The van der Waals surface area contributed by atoms with E-state index in [1.165, 1.54) is 6.92 Å². The zero-order chi connectivity index (χ0) is 8.20. The van der Waals surface area contributed by atoms with Gasteiger partial charge in [-0.05, 0) is 11.0 Å². The molecular weight excluding hydrogens is 151 g/mol. The van der Waals surface area contributed by atoms with Gasteiger partial charge in [0, 0.05) is 13.3 Å². The molecule has 0 aromatic carbocycles. The van der Waals surface area contributed by atoms with Crippen LogP contribution in [0.2, 0.25) is 0 Å². The molecule has 0 aliphatic carbocycles. The third-order valence-electron chi connectivity index (χ3n) is 1.42. The lowest BCUT2D eigenvalue weighted by atomic mass is 10.2. The largest absolute Gasteiger partial charge is 0.540 e. The molecule has 0 radical (unpaired) electrons. The zero-order valence-corrected chi connectivity index (χ0v) is 7.27. The molecule has 3 nitrogen and oxygen atoms in total. The highest BCUT2D eigenvalue weighted by Gasteiger charge is 2.40. The zero-order valence-electron chi connectivity index (χ0n) is 6.37. The maximum Gasteiger partial charge on any atom is 0.540 e. The summed E-state index contributed by atoms with van der Waals surface area (Å²) in [6.07, 6.45) is 2.11. The second kappa shape index (κ2) is 4.02. The number of aliphatic hydroxyl groups is 1. The first-order chi connectivity index (χ1) is 4.50. The topological polar surface area (TPSA) is 57.5 Å². The Labute approximate surface area is 61.9 Å². The standard InChI is InChI=1S/C6H13O3P/c1-3-4-5-6(2,7)10(8)9/h7H,3-5H2,1-2H3/p+1. The van der Waals surface area contributed by atoms with Gasteiger partial charge in [-0.2, -0.15) is 4.89 Å². The summed E-state index contributed by atoms with van der Waals surface area (Å²) in [6, 6.07) is 0. The van der Waals surface area contributed by atoms with E-state index in [9.17, 15) is 9.67 Å². The molecule has 0 aliphatic heterocycles. The molecule has 0 rings (SSSR count). The van der Waals surface area contributed by atoms with Gasteiger partial charge < -0.3 is 5.11 Å². The fourth-order valence-electron chi connectivity index (χ4n) is 0.607. The minimum Gasteiger partial charge on any atom is -0.346 e. The van der Waals surface area contributed by atoms with Gasteiger partial charge in [-0.1, -0.05) is 13.3 Å². The van der Waals surface area contributed by atoms with Crippen molar-refractivity contribution in [3.05, 3.63) is 0 Å². The van der Waals surface area contributed by atoms with Gasteiger partial charge >= 0.3 is 8.03 Å². The van der Waals surface area contributed by atoms with Crippen LogP contribution in [0, 0.1) is 0 Å². The maximum atomic E-state index is 10.4. The predicted octanol–water partition coefficient (Wildman–Crippen LogP) is 1.62. The summed E-state index contributed by atoms with van der Waals surface area (Å²) in [7, 11) is -2.45. The molecule has 4 heteroatoms. The quantitative estimate of drug-likeness (QED) is 0.622. The highest BCUT2D eigenvalue weighted by molar-refractivity contribution is 7.39. The van der Waals surface area contributed by atoms with E-state index < -0.39 is 13.4 Å². The van der Waals surface area contributed by atoms with E-state index in [0.29, 0.717) is 6.42 Å². The van der Waals surface area contributed by atoms with Gasteiger partial charge in [-0.25, -0.2) is 0 Å². The van der Waals surface area contributed by atoms with Crippen molar-refractivity contribution in [2.45, 2.75) is 38.5 Å². The molecule has 0 aromatic heterocycles. The molecule has 2 unspecified atom stereocenters. The molecule has 0 aliphatic rings. The van der Waals surface area contributed by atoms with Gasteiger partial charge in [0.05, 0.1) is 0 Å². The molecule has 60 valence electrons. The van der Waals surface area contributed by atoms with E-state index in [1.54, 1.807) is 0 Å². The predicted molar refractivity (Wildman–Crippen MR) is 40.0 cm³/mol. The van der Waals surface area contributed by atoms with Gasteiger partial charge in [0.2, 0.25) is 0 Å². The van der Waals surface area contributed by atoms with Gasteiger partial charge in [0.25, 0.3) is 5.34 Å². The number of hydrogen-bond donors (Lipinski definition) is 2. The second-order valence-electron chi connectivity index (χ2n) is 2.59. The van der Waals surface area contributed by atoms with Crippen LogP contribution in [-0.2, 0) is 4.57 Å². The van der Waals surface area contributed by atoms with E-state index in [-0.39, 0.29) is 0 Å². The second-order valence-corrected chi connectivity index (χ2v) is 4.10.